The molecule has 1 heterocycles. The van der Waals surface area contributed by atoms with Crippen LogP contribution in [-0.2, 0) is 14.3 Å². The Morgan fingerprint density at radius 2 is 1.92 bits per heavy atom. The van der Waals surface area contributed by atoms with E-state index in [1.165, 1.54) is 5.57 Å². The maximum atomic E-state index is 12.3. The number of ketones is 2. The van der Waals surface area contributed by atoms with Crippen molar-refractivity contribution in [3.8, 4) is 0 Å². The monoisotopic (exact) mass is 356 g/mol. The molecule has 140 valence electrons. The molecule has 26 heavy (non-hydrogen) atoms. The van der Waals surface area contributed by atoms with E-state index >= 15 is 0 Å². The molecule has 0 amide bonds. The van der Waals surface area contributed by atoms with Crippen LogP contribution >= 0.6 is 0 Å². The van der Waals surface area contributed by atoms with Gasteiger partial charge >= 0.3 is 0 Å². The molecule has 0 aromatic carbocycles. The van der Waals surface area contributed by atoms with Crippen LogP contribution in [0.4, 0.5) is 0 Å². The maximum absolute atomic E-state index is 12.3. The first-order valence-electron chi connectivity index (χ1n) is 10.1. The first-order chi connectivity index (χ1) is 12.1. The molecule has 0 aromatic heterocycles. The second-order valence-corrected chi connectivity index (χ2v) is 9.85. The lowest BCUT2D eigenvalue weighted by atomic mass is 9.45. The molecule has 0 spiro atoms. The minimum absolute atomic E-state index is 0.0326. The first kappa shape index (κ1) is 16.7. The molecule has 0 radical (unpaired) electrons. The van der Waals surface area contributed by atoms with Crippen molar-refractivity contribution in [2.45, 2.75) is 65.4 Å². The van der Waals surface area contributed by atoms with Gasteiger partial charge in [-0.3, -0.25) is 9.59 Å². The number of hydrogen-bond donors (Lipinski definition) is 1. The average molecular weight is 356 g/mol. The molecule has 1 aliphatic heterocycles. The zero-order chi connectivity index (χ0) is 18.6. The summed E-state index contributed by atoms with van der Waals surface area (Å²) in [6.07, 6.45) is 6.22. The summed E-state index contributed by atoms with van der Waals surface area (Å²) in [4.78, 5) is 24.5. The molecule has 4 aliphatic carbocycles. The van der Waals surface area contributed by atoms with E-state index in [0.717, 1.165) is 31.4 Å². The molecule has 5 rings (SSSR count). The van der Waals surface area contributed by atoms with Crippen LogP contribution in [0.3, 0.4) is 0 Å². The predicted octanol–water partition coefficient (Wildman–Crippen LogP) is 3.55. The van der Waals surface area contributed by atoms with Gasteiger partial charge in [-0.1, -0.05) is 13.8 Å². The highest BCUT2D eigenvalue weighted by Gasteiger charge is 2.68. The molecule has 7 atom stereocenters. The number of carbonyl (C=O) groups excluding carboxylic acids is 2. The van der Waals surface area contributed by atoms with Crippen LogP contribution in [0, 0.1) is 34.5 Å². The zero-order valence-corrected chi connectivity index (χ0v) is 16.1. The third-order valence-corrected chi connectivity index (χ3v) is 9.02. The van der Waals surface area contributed by atoms with E-state index in [1.54, 1.807) is 6.92 Å². The molecule has 3 saturated carbocycles. The van der Waals surface area contributed by atoms with Gasteiger partial charge in [-0.05, 0) is 81.3 Å². The van der Waals surface area contributed by atoms with Crippen molar-refractivity contribution in [3.63, 3.8) is 0 Å². The molecular formula is C22H28O4. The Morgan fingerprint density at radius 1 is 1.23 bits per heavy atom. The third kappa shape index (κ3) is 1.66. The lowest BCUT2D eigenvalue weighted by Crippen LogP contribution is -2.57. The van der Waals surface area contributed by atoms with Crippen molar-refractivity contribution in [2.24, 2.45) is 34.5 Å². The van der Waals surface area contributed by atoms with Crippen molar-refractivity contribution >= 4 is 11.6 Å². The van der Waals surface area contributed by atoms with Gasteiger partial charge in [0, 0.05) is 5.41 Å². The smallest absolute Gasteiger partial charge is 0.224 e. The lowest BCUT2D eigenvalue weighted by molar-refractivity contribution is -0.159. The van der Waals surface area contributed by atoms with Gasteiger partial charge in [-0.15, -0.1) is 0 Å². The first-order valence-corrected chi connectivity index (χ1v) is 10.1. The van der Waals surface area contributed by atoms with Gasteiger partial charge < -0.3 is 9.84 Å². The van der Waals surface area contributed by atoms with Crippen molar-refractivity contribution in [2.75, 3.05) is 0 Å². The fraction of sp³-hybridized carbons (Fsp3) is 0.727. The Morgan fingerprint density at radius 3 is 2.62 bits per heavy atom. The molecule has 4 heteroatoms. The van der Waals surface area contributed by atoms with E-state index in [9.17, 15) is 14.7 Å². The van der Waals surface area contributed by atoms with Gasteiger partial charge in [0.2, 0.25) is 11.5 Å². The standard InChI is InChI=1S/C22H28O4/c1-11-9-13-14-6-8-22(25,12(2)23)20(14,3)7-5-15(13)21(4)16(11)10-17(24)18-19(21)26-18/h10-11,13-15,25H,5-9H2,1-4H3/t11-,13-,14-,15+,20-,21+,22-/m0/s1. The highest BCUT2D eigenvalue weighted by molar-refractivity contribution is 6.07. The van der Waals surface area contributed by atoms with Gasteiger partial charge in [0.15, 0.2) is 11.5 Å². The molecule has 0 aromatic rings. The van der Waals surface area contributed by atoms with Gasteiger partial charge in [0.05, 0.1) is 5.41 Å². The Labute approximate surface area is 154 Å². The SMILES string of the molecule is CC(=O)[C@@]1(O)CC[C@H]2[C@@H]3C[C@H](C)C4=CC(=O)C5=C(O5)[C@]4(C)[C@@H]3CC[C@@]21C. The summed E-state index contributed by atoms with van der Waals surface area (Å²) in [5.74, 6) is 3.02. The Hall–Kier alpha value is -1.42. The normalized spacial score (nSPS) is 51.6. The fourth-order valence-electron chi connectivity index (χ4n) is 7.57. The van der Waals surface area contributed by atoms with Crippen molar-refractivity contribution in [1.82, 2.24) is 0 Å². The number of Topliss-reactive ketones (excluding diaryl/α,β-unsaturated/α-hetero) is 1. The van der Waals surface area contributed by atoms with Crippen LogP contribution in [-0.4, -0.2) is 22.3 Å². The zero-order valence-electron chi connectivity index (χ0n) is 16.1. The second kappa shape index (κ2) is 4.70. The van der Waals surface area contributed by atoms with E-state index in [0.29, 0.717) is 35.9 Å². The van der Waals surface area contributed by atoms with Crippen molar-refractivity contribution in [3.05, 3.63) is 23.2 Å². The molecule has 4 nitrogen and oxygen atoms in total. The second-order valence-electron chi connectivity index (χ2n) is 9.85. The summed E-state index contributed by atoms with van der Waals surface area (Å²) in [5, 5.41) is 11.2. The molecule has 0 unspecified atom stereocenters. The molecule has 0 saturated heterocycles. The van der Waals surface area contributed by atoms with Gasteiger partial charge in [-0.2, -0.15) is 0 Å². The molecule has 3 fully saturated rings. The minimum Gasteiger partial charge on any atom is -0.449 e. The van der Waals surface area contributed by atoms with Gasteiger partial charge in [0.1, 0.15) is 5.60 Å². The van der Waals surface area contributed by atoms with Crippen LogP contribution in [0.15, 0.2) is 23.2 Å². The Bertz CT molecular complexity index is 807. The van der Waals surface area contributed by atoms with Crippen LogP contribution in [0.25, 0.3) is 0 Å². The summed E-state index contributed by atoms with van der Waals surface area (Å²) in [7, 11) is 0. The Kier molecular flexibility index (Phi) is 3.02. The number of carbonyl (C=O) groups is 2. The van der Waals surface area contributed by atoms with Crippen LogP contribution in [0.2, 0.25) is 0 Å². The van der Waals surface area contributed by atoms with Crippen LogP contribution in [0.1, 0.15) is 59.8 Å². The lowest BCUT2D eigenvalue weighted by Gasteiger charge is -2.58. The topological polar surface area (TPSA) is 66.9 Å². The number of fused-ring (bicyclic) bond motifs is 6. The maximum Gasteiger partial charge on any atom is 0.224 e. The number of hydrogen-bond acceptors (Lipinski definition) is 4. The number of ether oxygens (including phenoxy) is 1. The van der Waals surface area contributed by atoms with Gasteiger partial charge in [-0.25, -0.2) is 0 Å². The summed E-state index contributed by atoms with van der Waals surface area (Å²) in [6.45, 7) is 8.17. The number of aliphatic hydroxyl groups is 1. The number of allylic oxidation sites excluding steroid dienone is 2. The van der Waals surface area contributed by atoms with Crippen LogP contribution in [0.5, 0.6) is 0 Å². The highest BCUT2D eigenvalue weighted by atomic mass is 16.6. The van der Waals surface area contributed by atoms with Gasteiger partial charge in [0.25, 0.3) is 0 Å². The summed E-state index contributed by atoms with van der Waals surface area (Å²) < 4.78 is 5.70. The van der Waals surface area contributed by atoms with E-state index in [1.807, 2.05) is 6.08 Å². The molecule has 0 bridgehead atoms. The largest absolute Gasteiger partial charge is 0.449 e. The molecule has 5 aliphatic rings. The minimum atomic E-state index is -1.17. The van der Waals surface area contributed by atoms with E-state index in [4.69, 9.17) is 4.74 Å². The average Bonchev–Trinajstić information content (AvgIpc) is 3.33. The van der Waals surface area contributed by atoms with E-state index in [-0.39, 0.29) is 22.4 Å². The third-order valence-electron chi connectivity index (χ3n) is 9.02. The molecule has 1 N–H and O–H groups in total. The van der Waals surface area contributed by atoms with E-state index in [2.05, 4.69) is 20.8 Å². The van der Waals surface area contributed by atoms with Crippen molar-refractivity contribution in [1.29, 1.82) is 0 Å². The summed E-state index contributed by atoms with van der Waals surface area (Å²) >= 11 is 0. The quantitative estimate of drug-likeness (QED) is 0.780. The van der Waals surface area contributed by atoms with Crippen molar-refractivity contribution < 1.29 is 19.4 Å². The number of rotatable bonds is 1. The van der Waals surface area contributed by atoms with E-state index < -0.39 is 5.60 Å². The summed E-state index contributed by atoms with van der Waals surface area (Å²) in [6, 6.07) is 0. The molecular weight excluding hydrogens is 328 g/mol. The fourth-order valence-corrected chi connectivity index (χ4v) is 7.57. The van der Waals surface area contributed by atoms with Crippen LogP contribution < -0.4 is 0 Å². The highest BCUT2D eigenvalue weighted by Crippen LogP contribution is 2.70. The summed E-state index contributed by atoms with van der Waals surface area (Å²) in [5.41, 5.74) is -0.442. The predicted molar refractivity (Wildman–Crippen MR) is 95.8 cm³/mol. The Balaban J connectivity index is 1.58.